The molecule has 0 unspecified atom stereocenters. The molecule has 4 N–H and O–H groups in total. The highest BCUT2D eigenvalue weighted by atomic mass is 35.5. The molecule has 10 heteroatoms. The Bertz CT molecular complexity index is 863. The molecule has 0 bridgehead atoms. The van der Waals surface area contributed by atoms with Crippen LogP contribution in [0.5, 0.6) is 0 Å². The van der Waals surface area contributed by atoms with Crippen molar-refractivity contribution < 1.29 is 19.4 Å². The van der Waals surface area contributed by atoms with Gasteiger partial charge in [-0.25, -0.2) is 9.97 Å². The van der Waals surface area contributed by atoms with Gasteiger partial charge in [0.25, 0.3) is 0 Å². The fourth-order valence-electron chi connectivity index (χ4n) is 3.26. The largest absolute Gasteiger partial charge is 0.411 e. The molecular weight excluding hydrogens is 400 g/mol. The Morgan fingerprint density at radius 1 is 1.36 bits per heavy atom. The van der Waals surface area contributed by atoms with Crippen LogP contribution in [0.3, 0.4) is 0 Å². The normalized spacial score (nSPS) is 22.9. The molecule has 0 aliphatic carbocycles. The van der Waals surface area contributed by atoms with E-state index in [2.05, 4.69) is 43.8 Å². The zero-order chi connectivity index (χ0) is 20.9. The first-order valence-electron chi connectivity index (χ1n) is 9.29. The molecule has 0 radical (unpaired) electrons. The second-order valence-electron chi connectivity index (χ2n) is 8.90. The molecule has 2 atom stereocenters. The minimum Gasteiger partial charge on any atom is -0.411 e. The lowest BCUT2D eigenvalue weighted by atomic mass is 9.99. The van der Waals surface area contributed by atoms with Gasteiger partial charge in [-0.1, -0.05) is 32.4 Å². The van der Waals surface area contributed by atoms with E-state index in [9.17, 15) is 10.2 Å². The van der Waals surface area contributed by atoms with Crippen LogP contribution in [0.25, 0.3) is 11.0 Å². The molecule has 0 aromatic carbocycles. The molecular formula is C18H29ClN4O4Si. The molecule has 0 amide bonds. The number of nitrogens with zero attached hydrogens (tertiary/aromatic N) is 3. The van der Waals surface area contributed by atoms with Crippen LogP contribution in [0.2, 0.25) is 23.2 Å². The molecule has 0 saturated carbocycles. The maximum absolute atomic E-state index is 10.1. The summed E-state index contributed by atoms with van der Waals surface area (Å²) in [5, 5.41) is 21.1. The van der Waals surface area contributed by atoms with Crippen molar-refractivity contribution in [2.45, 2.75) is 63.3 Å². The van der Waals surface area contributed by atoms with Gasteiger partial charge in [0.15, 0.2) is 8.32 Å². The molecule has 2 aromatic rings. The standard InChI is InChI=1S/C18H29ClN4O4Si/c1-17(2,3)28(4,5)27-12-6-13(26-18(12,8-24)9-25)23-7-11(19)14-15(20)21-10-22-16(14)23/h7,10,12-13,24-25H,6,8-9H2,1-5H3,(H2,20,21,22)/t12-,13+/m0/s1. The smallest absolute Gasteiger partial charge is 0.192 e. The molecule has 156 valence electrons. The van der Waals surface area contributed by atoms with Crippen LogP contribution >= 0.6 is 11.6 Å². The Morgan fingerprint density at radius 3 is 2.57 bits per heavy atom. The van der Waals surface area contributed by atoms with Gasteiger partial charge >= 0.3 is 0 Å². The molecule has 1 fully saturated rings. The van der Waals surface area contributed by atoms with Gasteiger partial charge in [0.2, 0.25) is 0 Å². The number of aliphatic hydroxyl groups is 2. The highest BCUT2D eigenvalue weighted by molar-refractivity contribution is 6.74. The van der Waals surface area contributed by atoms with Gasteiger partial charge in [0.05, 0.1) is 29.7 Å². The van der Waals surface area contributed by atoms with Gasteiger partial charge < -0.3 is 29.7 Å². The van der Waals surface area contributed by atoms with E-state index in [1.54, 1.807) is 10.8 Å². The van der Waals surface area contributed by atoms with E-state index in [4.69, 9.17) is 26.5 Å². The number of fused-ring (bicyclic) bond motifs is 1. The number of aromatic nitrogens is 3. The van der Waals surface area contributed by atoms with Crippen molar-refractivity contribution in [3.05, 3.63) is 17.5 Å². The number of aliphatic hydroxyl groups excluding tert-OH is 2. The first kappa shape index (κ1) is 21.5. The zero-order valence-corrected chi connectivity index (χ0v) is 18.7. The summed E-state index contributed by atoms with van der Waals surface area (Å²) >= 11 is 6.34. The highest BCUT2D eigenvalue weighted by Crippen LogP contribution is 2.45. The van der Waals surface area contributed by atoms with Gasteiger partial charge in [-0.2, -0.15) is 0 Å². The maximum atomic E-state index is 10.1. The van der Waals surface area contributed by atoms with E-state index < -0.39 is 26.3 Å². The summed E-state index contributed by atoms with van der Waals surface area (Å²) in [5.74, 6) is 0.288. The summed E-state index contributed by atoms with van der Waals surface area (Å²) in [5.41, 5.74) is 5.28. The number of nitrogen functional groups attached to an aromatic ring is 1. The van der Waals surface area contributed by atoms with Crippen LogP contribution in [0.4, 0.5) is 5.82 Å². The van der Waals surface area contributed by atoms with Crippen LogP contribution in [0.1, 0.15) is 33.4 Å². The number of hydrogen-bond donors (Lipinski definition) is 3. The molecule has 1 aliphatic heterocycles. The molecule has 28 heavy (non-hydrogen) atoms. The Kier molecular flexibility index (Phi) is 5.54. The van der Waals surface area contributed by atoms with E-state index >= 15 is 0 Å². The lowest BCUT2D eigenvalue weighted by Gasteiger charge is -2.42. The van der Waals surface area contributed by atoms with Crippen LogP contribution in [-0.2, 0) is 9.16 Å². The molecule has 1 aliphatic rings. The maximum Gasteiger partial charge on any atom is 0.192 e. The first-order chi connectivity index (χ1) is 13.0. The van der Waals surface area contributed by atoms with Gasteiger partial charge in [-0.05, 0) is 18.1 Å². The van der Waals surface area contributed by atoms with Crippen molar-refractivity contribution in [2.75, 3.05) is 18.9 Å². The highest BCUT2D eigenvalue weighted by Gasteiger charge is 2.53. The zero-order valence-electron chi connectivity index (χ0n) is 16.9. The molecule has 0 spiro atoms. The van der Waals surface area contributed by atoms with Crippen LogP contribution in [-0.4, -0.2) is 58.0 Å². The third kappa shape index (κ3) is 3.44. The molecule has 1 saturated heterocycles. The van der Waals surface area contributed by atoms with Crippen molar-refractivity contribution in [1.29, 1.82) is 0 Å². The van der Waals surface area contributed by atoms with Crippen molar-refractivity contribution in [3.63, 3.8) is 0 Å². The number of rotatable bonds is 5. The first-order valence-corrected chi connectivity index (χ1v) is 12.6. The van der Waals surface area contributed by atoms with Crippen molar-refractivity contribution in [3.8, 4) is 0 Å². The molecule has 3 heterocycles. The Hall–Kier alpha value is -1.23. The van der Waals surface area contributed by atoms with Crippen LogP contribution < -0.4 is 5.73 Å². The molecule has 3 rings (SSSR count). The number of halogens is 1. The van der Waals surface area contributed by atoms with Gasteiger partial charge in [-0.3, -0.25) is 0 Å². The number of hydrogen-bond acceptors (Lipinski definition) is 7. The summed E-state index contributed by atoms with van der Waals surface area (Å²) in [6.07, 6.45) is 2.52. The van der Waals surface area contributed by atoms with E-state index in [1.165, 1.54) is 6.33 Å². The lowest BCUT2D eigenvalue weighted by Crippen LogP contribution is -2.54. The summed E-state index contributed by atoms with van der Waals surface area (Å²) in [7, 11) is -2.16. The predicted octanol–water partition coefficient (Wildman–Crippen LogP) is 2.70. The second kappa shape index (κ2) is 7.23. The minimum absolute atomic E-state index is 0.0210. The fraction of sp³-hybridized carbons (Fsp3) is 0.667. The average molecular weight is 429 g/mol. The number of anilines is 1. The average Bonchev–Trinajstić information content (AvgIpc) is 3.13. The number of ether oxygens (including phenoxy) is 1. The molecule has 8 nitrogen and oxygen atoms in total. The Labute approximate surface area is 170 Å². The third-order valence-electron chi connectivity index (χ3n) is 6.05. The van der Waals surface area contributed by atoms with Crippen LogP contribution in [0, 0.1) is 0 Å². The SMILES string of the molecule is CC(C)(C)[Si](C)(C)O[C@H]1C[C@H](n2cc(Cl)c3c(N)ncnc32)OC1(CO)CO. The van der Waals surface area contributed by atoms with E-state index in [-0.39, 0.29) is 24.1 Å². The van der Waals surface area contributed by atoms with Crippen LogP contribution in [0.15, 0.2) is 12.5 Å². The minimum atomic E-state index is -2.16. The van der Waals surface area contributed by atoms with Crippen molar-refractivity contribution in [2.24, 2.45) is 0 Å². The second-order valence-corrected chi connectivity index (χ2v) is 14.1. The van der Waals surface area contributed by atoms with E-state index in [1.807, 2.05) is 0 Å². The summed E-state index contributed by atoms with van der Waals surface area (Å²) in [6.45, 7) is 9.99. The van der Waals surface area contributed by atoms with Crippen molar-refractivity contribution >= 4 is 36.8 Å². The quantitative estimate of drug-likeness (QED) is 0.627. The molecule has 2 aromatic heterocycles. The number of nitrogens with two attached hydrogens (primary N) is 1. The summed E-state index contributed by atoms with van der Waals surface area (Å²) < 4.78 is 14.5. The van der Waals surface area contributed by atoms with Gasteiger partial charge in [0, 0.05) is 12.6 Å². The Morgan fingerprint density at radius 2 is 2.00 bits per heavy atom. The summed E-state index contributed by atoms with van der Waals surface area (Å²) in [4.78, 5) is 8.28. The monoisotopic (exact) mass is 428 g/mol. The Balaban J connectivity index is 1.99. The van der Waals surface area contributed by atoms with E-state index in [0.29, 0.717) is 22.5 Å². The van der Waals surface area contributed by atoms with Gasteiger partial charge in [0.1, 0.15) is 29.6 Å². The summed E-state index contributed by atoms with van der Waals surface area (Å²) in [6, 6.07) is 0. The topological polar surface area (TPSA) is 116 Å². The lowest BCUT2D eigenvalue weighted by molar-refractivity contribution is -0.146. The fourth-order valence-corrected chi connectivity index (χ4v) is 4.92. The van der Waals surface area contributed by atoms with Gasteiger partial charge in [-0.15, -0.1) is 0 Å². The van der Waals surface area contributed by atoms with E-state index in [0.717, 1.165) is 0 Å². The van der Waals surface area contributed by atoms with Crippen molar-refractivity contribution in [1.82, 2.24) is 14.5 Å². The predicted molar refractivity (Wildman–Crippen MR) is 111 cm³/mol. The third-order valence-corrected chi connectivity index (χ3v) is 10.8.